The first kappa shape index (κ1) is 39.7. The number of piperidine rings is 1. The maximum absolute atomic E-state index is 12.5. The van der Waals surface area contributed by atoms with Gasteiger partial charge in [-0.1, -0.05) is 50.7 Å². The number of aliphatic hydroxyl groups is 3. The Hall–Kier alpha value is -5.90. The van der Waals surface area contributed by atoms with Crippen molar-refractivity contribution in [1.29, 1.82) is 0 Å². The van der Waals surface area contributed by atoms with E-state index < -0.39 is 17.6 Å². The first-order valence-electron chi connectivity index (χ1n) is 23.5. The minimum Gasteiger partial charge on any atom is -0.396 e. The molecule has 4 fully saturated rings. The maximum atomic E-state index is 12.5. The quantitative estimate of drug-likeness (QED) is 0.0907. The second-order valence-corrected chi connectivity index (χ2v) is 19.2. The van der Waals surface area contributed by atoms with Crippen molar-refractivity contribution in [3.05, 3.63) is 73.8 Å². The highest BCUT2D eigenvalue weighted by molar-refractivity contribution is 5.95. The van der Waals surface area contributed by atoms with E-state index in [2.05, 4.69) is 87.4 Å². The zero-order valence-electron chi connectivity index (χ0n) is 36.2. The predicted molar refractivity (Wildman–Crippen MR) is 248 cm³/mol. The number of fused-ring (bicyclic) bond motifs is 4. The van der Waals surface area contributed by atoms with Crippen LogP contribution in [-0.4, -0.2) is 109 Å². The number of nitrogens with one attached hydrogen (secondary N) is 2. The summed E-state index contributed by atoms with van der Waals surface area (Å²) in [5.41, 5.74) is 8.92. The molecule has 15 nitrogen and oxygen atoms in total. The molecule has 0 amide bonds. The van der Waals surface area contributed by atoms with Gasteiger partial charge in [-0.15, -0.1) is 0 Å². The van der Waals surface area contributed by atoms with Gasteiger partial charge in [0.25, 0.3) is 0 Å². The molecule has 15 heteroatoms. The number of aromatic amines is 2. The molecule has 12 rings (SSSR count). The van der Waals surface area contributed by atoms with Crippen molar-refractivity contribution in [2.75, 3.05) is 49.2 Å². The van der Waals surface area contributed by atoms with Crippen LogP contribution in [0.1, 0.15) is 89.1 Å². The van der Waals surface area contributed by atoms with Crippen molar-refractivity contribution in [1.82, 2.24) is 49.0 Å². The summed E-state index contributed by atoms with van der Waals surface area (Å²) in [7, 11) is 0. The van der Waals surface area contributed by atoms with Gasteiger partial charge in [0, 0.05) is 60.7 Å². The van der Waals surface area contributed by atoms with Crippen molar-refractivity contribution >= 4 is 56.0 Å². The second-order valence-electron chi connectivity index (χ2n) is 19.2. The van der Waals surface area contributed by atoms with Crippen LogP contribution in [0.25, 0.3) is 66.6 Å². The summed E-state index contributed by atoms with van der Waals surface area (Å²) in [6.45, 7) is 1.39. The smallest absolute Gasteiger partial charge is 0.180 e. The van der Waals surface area contributed by atoms with Crippen LogP contribution in [-0.2, 0) is 0 Å². The van der Waals surface area contributed by atoms with Gasteiger partial charge in [-0.3, -0.25) is 0 Å². The zero-order valence-corrected chi connectivity index (χ0v) is 36.2. The number of H-pyrrole nitrogens is 2. The van der Waals surface area contributed by atoms with Crippen LogP contribution in [0.2, 0.25) is 0 Å². The number of anilines is 2. The van der Waals surface area contributed by atoms with Crippen LogP contribution in [0.3, 0.4) is 0 Å². The molecular weight excluding hydrogens is 805 g/mol. The Bertz CT molecular complexity index is 2980. The number of nitrogens with zero attached hydrogens (tertiary/aromatic N) is 10. The van der Waals surface area contributed by atoms with Crippen LogP contribution in [0, 0.1) is 11.3 Å². The van der Waals surface area contributed by atoms with Gasteiger partial charge in [0.2, 0.25) is 0 Å². The molecule has 0 radical (unpaired) electrons. The predicted octanol–water partition coefficient (Wildman–Crippen LogP) is 7.71. The summed E-state index contributed by atoms with van der Waals surface area (Å²) in [5.74, 6) is 1.28. The molecule has 5 N–H and O–H groups in total. The topological polar surface area (TPSA) is 186 Å². The minimum absolute atomic E-state index is 0.236. The van der Waals surface area contributed by atoms with E-state index >= 15 is 0 Å². The molecule has 6 aromatic heterocycles. The van der Waals surface area contributed by atoms with Gasteiger partial charge in [0.05, 0.1) is 71.6 Å². The van der Waals surface area contributed by atoms with Crippen LogP contribution in [0.5, 0.6) is 0 Å². The van der Waals surface area contributed by atoms with Crippen LogP contribution >= 0.6 is 0 Å². The van der Waals surface area contributed by atoms with Crippen molar-refractivity contribution in [3.63, 3.8) is 0 Å². The van der Waals surface area contributed by atoms with Gasteiger partial charge in [-0.2, -0.15) is 0 Å². The molecule has 2 saturated heterocycles. The lowest BCUT2D eigenvalue weighted by atomic mass is 9.59. The van der Waals surface area contributed by atoms with Crippen LogP contribution < -0.4 is 9.80 Å². The summed E-state index contributed by atoms with van der Waals surface area (Å²) in [6, 6.07) is 18.3. The van der Waals surface area contributed by atoms with E-state index in [0.29, 0.717) is 62.4 Å². The second kappa shape index (κ2) is 15.7. The van der Waals surface area contributed by atoms with Gasteiger partial charge >= 0.3 is 0 Å². The average molecular weight is 861 g/mol. The number of aliphatic hydroxyl groups excluding tert-OH is 2. The summed E-state index contributed by atoms with van der Waals surface area (Å²) in [4.78, 5) is 39.7. The Kier molecular flexibility index (Phi) is 9.71. The Morgan fingerprint density at radius 3 is 1.61 bits per heavy atom. The van der Waals surface area contributed by atoms with Crippen molar-refractivity contribution in [2.24, 2.45) is 11.3 Å². The third-order valence-corrected chi connectivity index (χ3v) is 15.9. The van der Waals surface area contributed by atoms with E-state index in [1.54, 1.807) is 12.7 Å². The molecule has 8 aromatic rings. The largest absolute Gasteiger partial charge is 0.396 e. The van der Waals surface area contributed by atoms with Gasteiger partial charge in [-0.05, 0) is 86.1 Å². The van der Waals surface area contributed by atoms with E-state index in [-0.39, 0.29) is 12.5 Å². The molecule has 1 atom stereocenters. The number of benzene rings is 2. The van der Waals surface area contributed by atoms with E-state index in [1.165, 1.54) is 69.7 Å². The normalized spacial score (nSPS) is 20.2. The van der Waals surface area contributed by atoms with Crippen LogP contribution in [0.4, 0.5) is 11.6 Å². The number of aromatic nitrogens is 10. The Morgan fingerprint density at radius 2 is 1.12 bits per heavy atom. The number of pyridine rings is 2. The van der Waals surface area contributed by atoms with Gasteiger partial charge in [-0.25, -0.2) is 29.9 Å². The molecule has 330 valence electrons. The third kappa shape index (κ3) is 6.40. The average Bonchev–Trinajstić information content (AvgIpc) is 4.17. The number of hydrogen-bond acceptors (Lipinski definition) is 11. The summed E-state index contributed by atoms with van der Waals surface area (Å²) < 4.78 is 4.72. The lowest BCUT2D eigenvalue weighted by molar-refractivity contribution is -0.184. The highest BCUT2D eigenvalue weighted by Gasteiger charge is 2.58. The Balaban J connectivity index is 0.770. The molecule has 2 aliphatic carbocycles. The third-order valence-electron chi connectivity index (χ3n) is 15.9. The molecule has 2 saturated carbocycles. The van der Waals surface area contributed by atoms with Crippen molar-refractivity contribution in [2.45, 2.75) is 94.7 Å². The lowest BCUT2D eigenvalue weighted by Gasteiger charge is -2.57. The summed E-state index contributed by atoms with van der Waals surface area (Å²) in [5, 5.41) is 34.7. The van der Waals surface area contributed by atoms with Gasteiger partial charge < -0.3 is 44.2 Å². The molecule has 1 unspecified atom stereocenters. The fourth-order valence-corrected chi connectivity index (χ4v) is 11.9. The Morgan fingerprint density at radius 1 is 0.625 bits per heavy atom. The molecule has 4 aliphatic rings. The summed E-state index contributed by atoms with van der Waals surface area (Å²) in [6.07, 6.45) is 20.8. The minimum atomic E-state index is -1.51. The molecule has 64 heavy (non-hydrogen) atoms. The zero-order chi connectivity index (χ0) is 43.0. The number of hydrogen-bond donors (Lipinski definition) is 5. The first-order valence-corrected chi connectivity index (χ1v) is 23.5. The molecule has 2 aromatic carbocycles. The maximum Gasteiger partial charge on any atom is 0.180 e. The van der Waals surface area contributed by atoms with Gasteiger partial charge in [0.1, 0.15) is 17.2 Å². The monoisotopic (exact) mass is 860 g/mol. The standard InChI is InChI=1S/C49H56N12O3/c62-25-48(15-17-58(18-16-48)42-21-36(44-46(56-42)52-27-50-44)31-11-13-40-38(19-31)54-29-60(40)34-7-3-1-4-8-34)49(64,26-63)33-23-59(24-33)43-22-37(45-47(57-43)53-28-51-45)32-12-14-41-39(20-32)55-30-61(41)35-9-5-2-6-10-35/h11-14,19-22,27-30,33-35,62-64H,1-10,15-18,23-26H2,(H,50,52,56)(H,51,53,57). The molecule has 0 spiro atoms. The lowest BCUT2D eigenvalue weighted by Crippen LogP contribution is -2.69. The van der Waals surface area contributed by atoms with Crippen molar-refractivity contribution in [3.8, 4) is 22.3 Å². The SMILES string of the molecule is OCC1(C(O)(CO)C2CN(c3cc(-c4ccc5c(c4)ncn5C4CCCCC4)c4[nH]cnc4n3)C2)CCN(c2cc(-c3ccc4c(c3)ncn4C3CCCCC3)c3[nH]cnc3n2)CC1. The highest BCUT2D eigenvalue weighted by Crippen LogP contribution is 2.49. The van der Waals surface area contributed by atoms with E-state index in [0.717, 1.165) is 61.5 Å². The molecule has 0 bridgehead atoms. The van der Waals surface area contributed by atoms with E-state index in [4.69, 9.17) is 19.9 Å². The fraction of sp³-hybridized carbons (Fsp3) is 0.469. The number of imidazole rings is 4. The van der Waals surface area contributed by atoms with E-state index in [1.807, 2.05) is 12.7 Å². The van der Waals surface area contributed by atoms with Crippen molar-refractivity contribution < 1.29 is 15.3 Å². The summed E-state index contributed by atoms with van der Waals surface area (Å²) >= 11 is 0. The molecular formula is C49H56N12O3. The van der Waals surface area contributed by atoms with E-state index in [9.17, 15) is 15.3 Å². The molecule has 8 heterocycles. The Labute approximate surface area is 370 Å². The van der Waals surface area contributed by atoms with Gasteiger partial charge in [0.15, 0.2) is 11.3 Å². The first-order chi connectivity index (χ1) is 31.4. The van der Waals surface area contributed by atoms with Crippen LogP contribution in [0.15, 0.2) is 73.8 Å². The fourth-order valence-electron chi connectivity index (χ4n) is 11.9. The number of rotatable bonds is 10. The highest BCUT2D eigenvalue weighted by atomic mass is 16.3. The molecule has 2 aliphatic heterocycles.